The van der Waals surface area contributed by atoms with E-state index in [1.807, 2.05) is 0 Å². The van der Waals surface area contributed by atoms with Crippen LogP contribution in [0.5, 0.6) is 11.5 Å². The van der Waals surface area contributed by atoms with Crippen molar-refractivity contribution in [3.8, 4) is 11.5 Å². The molecule has 9 heteroatoms. The lowest BCUT2D eigenvalue weighted by molar-refractivity contribution is 0.148. The number of halogens is 1. The first-order valence-electron chi connectivity index (χ1n) is 8.96. The van der Waals surface area contributed by atoms with E-state index in [-0.39, 0.29) is 12.1 Å². The third kappa shape index (κ3) is 4.35. The van der Waals surface area contributed by atoms with Gasteiger partial charge in [-0.25, -0.2) is 14.8 Å². The molecule has 1 aliphatic carbocycles. The molecule has 2 aromatic heterocycles. The first-order valence-corrected chi connectivity index (χ1v) is 10.2. The molecule has 3 N–H and O–H groups in total. The highest BCUT2D eigenvalue weighted by molar-refractivity contribution is 7.17. The van der Waals surface area contributed by atoms with Crippen LogP contribution in [0.4, 0.5) is 10.5 Å². The molecule has 1 aliphatic rings. The molecule has 0 aliphatic heterocycles. The Labute approximate surface area is 170 Å². The van der Waals surface area contributed by atoms with Gasteiger partial charge in [-0.15, -0.1) is 11.3 Å². The average molecular weight is 419 g/mol. The normalized spacial score (nSPS) is 19.4. The SMILES string of the molecule is NC1CCC(Oc2ccc(Cl)cc2NC(=O)Oc2csc3cncnc23)CC1. The summed E-state index contributed by atoms with van der Waals surface area (Å²) in [5, 5.41) is 4.93. The van der Waals surface area contributed by atoms with E-state index in [4.69, 9.17) is 26.8 Å². The van der Waals surface area contributed by atoms with Crippen LogP contribution in [0.1, 0.15) is 25.7 Å². The largest absolute Gasteiger partial charge is 0.488 e. The van der Waals surface area contributed by atoms with Crippen LogP contribution < -0.4 is 20.5 Å². The number of nitrogens with two attached hydrogens (primary N) is 1. The van der Waals surface area contributed by atoms with Crippen LogP contribution in [0.2, 0.25) is 5.02 Å². The van der Waals surface area contributed by atoms with E-state index in [1.165, 1.54) is 17.7 Å². The first kappa shape index (κ1) is 18.9. The fourth-order valence-corrected chi connectivity index (χ4v) is 4.11. The molecule has 3 aromatic rings. The predicted molar refractivity (Wildman–Crippen MR) is 109 cm³/mol. The Morgan fingerprint density at radius 1 is 1.25 bits per heavy atom. The molecular weight excluding hydrogens is 400 g/mol. The van der Waals surface area contributed by atoms with Gasteiger partial charge >= 0.3 is 6.09 Å². The summed E-state index contributed by atoms with van der Waals surface area (Å²) >= 11 is 7.51. The number of aromatic nitrogens is 2. The summed E-state index contributed by atoms with van der Waals surface area (Å²) in [5.41, 5.74) is 7.01. The molecule has 0 unspecified atom stereocenters. The van der Waals surface area contributed by atoms with Crippen molar-refractivity contribution in [2.75, 3.05) is 5.32 Å². The highest BCUT2D eigenvalue weighted by Gasteiger charge is 2.22. The van der Waals surface area contributed by atoms with Gasteiger partial charge in [0.05, 0.1) is 16.5 Å². The van der Waals surface area contributed by atoms with Crippen molar-refractivity contribution in [3.63, 3.8) is 0 Å². The highest BCUT2D eigenvalue weighted by atomic mass is 35.5. The van der Waals surface area contributed by atoms with Crippen LogP contribution in [0, 0.1) is 0 Å². The molecule has 0 atom stereocenters. The van der Waals surface area contributed by atoms with E-state index in [0.29, 0.717) is 27.7 Å². The fourth-order valence-electron chi connectivity index (χ4n) is 3.16. The number of thiophene rings is 1. The number of benzene rings is 1. The van der Waals surface area contributed by atoms with Crippen molar-refractivity contribution >= 4 is 44.9 Å². The zero-order chi connectivity index (χ0) is 19.5. The molecule has 146 valence electrons. The lowest BCUT2D eigenvalue weighted by atomic mass is 9.94. The van der Waals surface area contributed by atoms with Crippen LogP contribution in [-0.4, -0.2) is 28.2 Å². The average Bonchev–Trinajstić information content (AvgIpc) is 3.08. The Balaban J connectivity index is 1.47. The summed E-state index contributed by atoms with van der Waals surface area (Å²) in [4.78, 5) is 20.5. The molecule has 0 bridgehead atoms. The Morgan fingerprint density at radius 3 is 2.89 bits per heavy atom. The standard InChI is InChI=1S/C19H19ClN4O3S/c20-11-1-6-15(26-13-4-2-12(21)3-5-13)14(7-11)24-19(25)27-16-9-28-17-8-22-10-23-18(16)17/h1,6-10,12-13H,2-5,21H2,(H,24,25). The Hall–Kier alpha value is -2.42. The summed E-state index contributed by atoms with van der Waals surface area (Å²) in [7, 11) is 0. The number of hydrogen-bond donors (Lipinski definition) is 2. The summed E-state index contributed by atoms with van der Waals surface area (Å²) in [6.07, 6.45) is 6.14. The molecule has 0 saturated heterocycles. The summed E-state index contributed by atoms with van der Waals surface area (Å²) in [6.45, 7) is 0. The molecule has 7 nitrogen and oxygen atoms in total. The Bertz CT molecular complexity index is 988. The van der Waals surface area contributed by atoms with Gasteiger partial charge in [0.2, 0.25) is 0 Å². The smallest absolute Gasteiger partial charge is 0.417 e. The molecule has 1 fully saturated rings. The first-order chi connectivity index (χ1) is 13.6. The van der Waals surface area contributed by atoms with E-state index < -0.39 is 6.09 Å². The van der Waals surface area contributed by atoms with E-state index in [2.05, 4.69) is 15.3 Å². The van der Waals surface area contributed by atoms with Crippen LogP contribution >= 0.6 is 22.9 Å². The number of ether oxygens (including phenoxy) is 2. The number of rotatable bonds is 4. The molecular formula is C19H19ClN4O3S. The second-order valence-electron chi connectivity index (χ2n) is 6.65. The maximum Gasteiger partial charge on any atom is 0.417 e. The zero-order valence-electron chi connectivity index (χ0n) is 14.9. The van der Waals surface area contributed by atoms with Gasteiger partial charge in [0, 0.05) is 22.6 Å². The number of fused-ring (bicyclic) bond motifs is 1. The Morgan fingerprint density at radius 2 is 2.07 bits per heavy atom. The van der Waals surface area contributed by atoms with Crippen LogP contribution in [0.25, 0.3) is 10.2 Å². The lowest BCUT2D eigenvalue weighted by Gasteiger charge is -2.27. The minimum atomic E-state index is -0.643. The van der Waals surface area contributed by atoms with Gasteiger partial charge in [0.25, 0.3) is 0 Å². The minimum absolute atomic E-state index is 0.0649. The molecule has 0 spiro atoms. The molecule has 1 aromatic carbocycles. The summed E-state index contributed by atoms with van der Waals surface area (Å²) in [5.74, 6) is 0.935. The van der Waals surface area contributed by atoms with E-state index in [0.717, 1.165) is 30.4 Å². The van der Waals surface area contributed by atoms with Gasteiger partial charge in [-0.3, -0.25) is 5.32 Å². The third-order valence-corrected chi connectivity index (χ3v) is 5.72. The number of nitrogens with one attached hydrogen (secondary N) is 1. The maximum atomic E-state index is 12.4. The Kier molecular flexibility index (Phi) is 5.61. The molecule has 1 amide bonds. The van der Waals surface area contributed by atoms with Gasteiger partial charge in [-0.05, 0) is 43.9 Å². The summed E-state index contributed by atoms with van der Waals surface area (Å²) < 4.78 is 12.4. The maximum absolute atomic E-state index is 12.4. The van der Waals surface area contributed by atoms with Gasteiger partial charge in [0.1, 0.15) is 17.6 Å². The molecule has 2 heterocycles. The quantitative estimate of drug-likeness (QED) is 0.642. The van der Waals surface area contributed by atoms with Crippen molar-refractivity contribution in [2.24, 2.45) is 5.73 Å². The summed E-state index contributed by atoms with van der Waals surface area (Å²) in [6, 6.07) is 5.35. The number of nitrogens with zero attached hydrogens (tertiary/aromatic N) is 2. The fraction of sp³-hybridized carbons (Fsp3) is 0.316. The van der Waals surface area contributed by atoms with Gasteiger partial charge < -0.3 is 15.2 Å². The highest BCUT2D eigenvalue weighted by Crippen LogP contribution is 2.33. The van der Waals surface area contributed by atoms with Gasteiger partial charge in [-0.2, -0.15) is 0 Å². The molecule has 4 rings (SSSR count). The zero-order valence-corrected chi connectivity index (χ0v) is 16.5. The minimum Gasteiger partial charge on any atom is -0.488 e. The van der Waals surface area contributed by atoms with E-state index in [9.17, 15) is 4.79 Å². The number of anilines is 1. The molecule has 28 heavy (non-hydrogen) atoms. The van der Waals surface area contributed by atoms with Crippen LogP contribution in [0.3, 0.4) is 0 Å². The van der Waals surface area contributed by atoms with E-state index in [1.54, 1.807) is 29.8 Å². The van der Waals surface area contributed by atoms with Crippen molar-refractivity contribution in [1.29, 1.82) is 0 Å². The second-order valence-corrected chi connectivity index (χ2v) is 7.99. The van der Waals surface area contributed by atoms with E-state index >= 15 is 0 Å². The number of hydrogen-bond acceptors (Lipinski definition) is 7. The number of amides is 1. The monoisotopic (exact) mass is 418 g/mol. The van der Waals surface area contributed by atoms with Gasteiger partial charge in [0.15, 0.2) is 5.75 Å². The third-order valence-electron chi connectivity index (χ3n) is 4.60. The molecule has 0 radical (unpaired) electrons. The van der Waals surface area contributed by atoms with Crippen LogP contribution in [0.15, 0.2) is 36.1 Å². The van der Waals surface area contributed by atoms with Crippen molar-refractivity contribution in [2.45, 2.75) is 37.8 Å². The van der Waals surface area contributed by atoms with Crippen LogP contribution in [-0.2, 0) is 0 Å². The predicted octanol–water partition coefficient (Wildman–Crippen LogP) is 4.60. The van der Waals surface area contributed by atoms with Crippen molar-refractivity contribution in [1.82, 2.24) is 9.97 Å². The second kappa shape index (κ2) is 8.30. The van der Waals surface area contributed by atoms with Crippen molar-refractivity contribution in [3.05, 3.63) is 41.1 Å². The number of carbonyl (C=O) groups excluding carboxylic acids is 1. The lowest BCUT2D eigenvalue weighted by Crippen LogP contribution is -2.31. The van der Waals surface area contributed by atoms with Crippen molar-refractivity contribution < 1.29 is 14.3 Å². The number of carbonyl (C=O) groups is 1. The topological polar surface area (TPSA) is 99.4 Å². The van der Waals surface area contributed by atoms with Gasteiger partial charge in [-0.1, -0.05) is 11.6 Å². The molecule has 1 saturated carbocycles.